The Morgan fingerprint density at radius 2 is 2.11 bits per heavy atom. The van der Waals surface area contributed by atoms with Crippen molar-refractivity contribution < 1.29 is 13.2 Å². The minimum Gasteiger partial charge on any atom is -0.379 e. The molecule has 0 bridgehead atoms. The first-order valence-corrected chi connectivity index (χ1v) is 7.90. The third kappa shape index (κ3) is 3.26. The molecule has 1 aromatic carbocycles. The Bertz CT molecular complexity index is 537. The second-order valence-corrected chi connectivity index (χ2v) is 6.72. The topological polar surface area (TPSA) is 67.4 Å². The lowest BCUT2D eigenvalue weighted by atomic mass is 10.0. The van der Waals surface area contributed by atoms with E-state index >= 15 is 0 Å². The molecular weight excluding hydrogens is 264 g/mol. The summed E-state index contributed by atoms with van der Waals surface area (Å²) in [7, 11) is -3.46. The predicted octanol–water partition coefficient (Wildman–Crippen LogP) is 1.58. The zero-order valence-corrected chi connectivity index (χ0v) is 12.1. The summed E-state index contributed by atoms with van der Waals surface area (Å²) in [5.74, 6) is 0. The molecule has 6 heteroatoms. The standard InChI is InChI=1S/C13H20N2O3S/c1-3-14-19(16,17)12-7-5-4-6-11(12)15-13(2)8-9-18-10-13/h4-7,14-15H,3,8-10H2,1-2H3. The Balaban J connectivity index is 2.31. The normalized spacial score (nSPS) is 23.5. The molecule has 106 valence electrons. The van der Waals surface area contributed by atoms with Crippen LogP contribution in [-0.4, -0.2) is 33.7 Å². The average Bonchev–Trinajstić information content (AvgIpc) is 2.76. The minimum atomic E-state index is -3.46. The maximum atomic E-state index is 12.1. The molecule has 1 aromatic rings. The molecule has 1 saturated heterocycles. The molecule has 1 atom stereocenters. The van der Waals surface area contributed by atoms with Crippen molar-refractivity contribution in [3.05, 3.63) is 24.3 Å². The molecule has 5 nitrogen and oxygen atoms in total. The zero-order valence-electron chi connectivity index (χ0n) is 11.3. The van der Waals surface area contributed by atoms with Crippen molar-refractivity contribution in [2.24, 2.45) is 0 Å². The Morgan fingerprint density at radius 3 is 2.74 bits per heavy atom. The van der Waals surface area contributed by atoms with Crippen molar-refractivity contribution >= 4 is 15.7 Å². The summed E-state index contributed by atoms with van der Waals surface area (Å²) in [5.41, 5.74) is 0.411. The van der Waals surface area contributed by atoms with Crippen LogP contribution in [0.15, 0.2) is 29.2 Å². The third-order valence-corrected chi connectivity index (χ3v) is 4.77. The summed E-state index contributed by atoms with van der Waals surface area (Å²) < 4.78 is 32.2. The number of rotatable bonds is 5. The van der Waals surface area contributed by atoms with Gasteiger partial charge in [0.15, 0.2) is 0 Å². The van der Waals surface area contributed by atoms with Gasteiger partial charge >= 0.3 is 0 Å². The van der Waals surface area contributed by atoms with Crippen LogP contribution in [0.3, 0.4) is 0 Å². The maximum Gasteiger partial charge on any atom is 0.242 e. The van der Waals surface area contributed by atoms with Crippen LogP contribution in [0.25, 0.3) is 0 Å². The van der Waals surface area contributed by atoms with Gasteiger partial charge in [0.25, 0.3) is 0 Å². The van der Waals surface area contributed by atoms with Crippen molar-refractivity contribution in [2.75, 3.05) is 25.1 Å². The van der Waals surface area contributed by atoms with Crippen LogP contribution >= 0.6 is 0 Å². The van der Waals surface area contributed by atoms with Crippen molar-refractivity contribution in [3.63, 3.8) is 0 Å². The van der Waals surface area contributed by atoms with Crippen LogP contribution in [0.2, 0.25) is 0 Å². The summed E-state index contributed by atoms with van der Waals surface area (Å²) in [6.45, 7) is 5.46. The molecule has 0 radical (unpaired) electrons. The second-order valence-electron chi connectivity index (χ2n) is 4.99. The number of nitrogens with one attached hydrogen (secondary N) is 2. The molecule has 1 aliphatic rings. The molecule has 0 aromatic heterocycles. The van der Waals surface area contributed by atoms with Gasteiger partial charge in [0, 0.05) is 13.2 Å². The Morgan fingerprint density at radius 1 is 1.37 bits per heavy atom. The molecular formula is C13H20N2O3S. The second kappa shape index (κ2) is 5.48. The molecule has 19 heavy (non-hydrogen) atoms. The number of anilines is 1. The summed E-state index contributed by atoms with van der Waals surface area (Å²) in [6, 6.07) is 6.95. The molecule has 0 spiro atoms. The van der Waals surface area contributed by atoms with Gasteiger partial charge in [-0.25, -0.2) is 13.1 Å². The summed E-state index contributed by atoms with van der Waals surface area (Å²) in [6.07, 6.45) is 0.864. The van der Waals surface area contributed by atoms with E-state index in [9.17, 15) is 8.42 Å². The van der Waals surface area contributed by atoms with Gasteiger partial charge in [-0.05, 0) is 25.5 Å². The molecule has 0 aliphatic carbocycles. The maximum absolute atomic E-state index is 12.1. The van der Waals surface area contributed by atoms with E-state index in [0.717, 1.165) is 6.42 Å². The van der Waals surface area contributed by atoms with Crippen LogP contribution in [0.4, 0.5) is 5.69 Å². The van der Waals surface area contributed by atoms with Gasteiger partial charge in [0.1, 0.15) is 4.90 Å². The van der Waals surface area contributed by atoms with E-state index in [4.69, 9.17) is 4.74 Å². The lowest BCUT2D eigenvalue weighted by Crippen LogP contribution is -2.36. The Labute approximate surface area is 114 Å². The molecule has 1 unspecified atom stereocenters. The van der Waals surface area contributed by atoms with Gasteiger partial charge in [0.2, 0.25) is 10.0 Å². The fraction of sp³-hybridized carbons (Fsp3) is 0.538. The van der Waals surface area contributed by atoms with Gasteiger partial charge in [0.05, 0.1) is 17.8 Å². The number of hydrogen-bond donors (Lipinski definition) is 2. The highest BCUT2D eigenvalue weighted by molar-refractivity contribution is 7.89. The van der Waals surface area contributed by atoms with E-state index < -0.39 is 10.0 Å². The fourth-order valence-corrected chi connectivity index (χ4v) is 3.36. The smallest absolute Gasteiger partial charge is 0.242 e. The van der Waals surface area contributed by atoms with E-state index in [0.29, 0.717) is 25.4 Å². The molecule has 1 aliphatic heterocycles. The highest BCUT2D eigenvalue weighted by atomic mass is 32.2. The monoisotopic (exact) mass is 284 g/mol. The van der Waals surface area contributed by atoms with E-state index in [1.54, 1.807) is 25.1 Å². The largest absolute Gasteiger partial charge is 0.379 e. The quantitative estimate of drug-likeness (QED) is 0.861. The minimum absolute atomic E-state index is 0.210. The van der Waals surface area contributed by atoms with Crippen molar-refractivity contribution in [3.8, 4) is 0 Å². The Hall–Kier alpha value is -1.11. The number of benzene rings is 1. The average molecular weight is 284 g/mol. The zero-order chi connectivity index (χ0) is 13.9. The molecule has 1 heterocycles. The molecule has 2 N–H and O–H groups in total. The van der Waals surface area contributed by atoms with E-state index in [-0.39, 0.29) is 10.4 Å². The van der Waals surface area contributed by atoms with Gasteiger partial charge < -0.3 is 10.1 Å². The van der Waals surface area contributed by atoms with Gasteiger partial charge in [-0.3, -0.25) is 0 Å². The lowest BCUT2D eigenvalue weighted by Gasteiger charge is -2.26. The highest BCUT2D eigenvalue weighted by Crippen LogP contribution is 2.28. The van der Waals surface area contributed by atoms with E-state index in [2.05, 4.69) is 10.0 Å². The SMILES string of the molecule is CCNS(=O)(=O)c1ccccc1NC1(C)CCOC1. The van der Waals surface area contributed by atoms with Crippen molar-refractivity contribution in [1.82, 2.24) is 4.72 Å². The summed E-state index contributed by atoms with van der Waals surface area (Å²) >= 11 is 0. The van der Waals surface area contributed by atoms with Gasteiger partial charge in [-0.15, -0.1) is 0 Å². The molecule has 0 saturated carbocycles. The van der Waals surface area contributed by atoms with Gasteiger partial charge in [-0.2, -0.15) is 0 Å². The van der Waals surface area contributed by atoms with Crippen LogP contribution in [0, 0.1) is 0 Å². The van der Waals surface area contributed by atoms with Crippen molar-refractivity contribution in [1.29, 1.82) is 0 Å². The molecule has 2 rings (SSSR count). The fourth-order valence-electron chi connectivity index (χ4n) is 2.16. The van der Waals surface area contributed by atoms with Crippen LogP contribution in [-0.2, 0) is 14.8 Å². The Kier molecular flexibility index (Phi) is 4.13. The first-order valence-electron chi connectivity index (χ1n) is 6.41. The van der Waals surface area contributed by atoms with Crippen molar-refractivity contribution in [2.45, 2.75) is 30.7 Å². The van der Waals surface area contributed by atoms with E-state index in [1.165, 1.54) is 0 Å². The van der Waals surface area contributed by atoms with E-state index in [1.807, 2.05) is 13.0 Å². The number of sulfonamides is 1. The van der Waals surface area contributed by atoms with Crippen LogP contribution in [0.1, 0.15) is 20.3 Å². The predicted molar refractivity (Wildman–Crippen MR) is 74.8 cm³/mol. The number of ether oxygens (including phenoxy) is 1. The van der Waals surface area contributed by atoms with Gasteiger partial charge in [-0.1, -0.05) is 19.1 Å². The lowest BCUT2D eigenvalue weighted by molar-refractivity contribution is 0.185. The number of hydrogen-bond acceptors (Lipinski definition) is 4. The summed E-state index contributed by atoms with van der Waals surface area (Å²) in [5, 5.41) is 3.31. The first kappa shape index (κ1) is 14.3. The highest BCUT2D eigenvalue weighted by Gasteiger charge is 2.31. The molecule has 1 fully saturated rings. The third-order valence-electron chi connectivity index (χ3n) is 3.17. The molecule has 0 amide bonds. The number of para-hydroxylation sites is 1. The first-order chi connectivity index (χ1) is 8.97. The van der Waals surface area contributed by atoms with Crippen LogP contribution < -0.4 is 10.0 Å². The van der Waals surface area contributed by atoms with Crippen LogP contribution in [0.5, 0.6) is 0 Å². The summed E-state index contributed by atoms with van der Waals surface area (Å²) in [4.78, 5) is 0.282.